The van der Waals surface area contributed by atoms with Crippen LogP contribution in [0.15, 0.2) is 112 Å². The van der Waals surface area contributed by atoms with Crippen LogP contribution >= 0.6 is 15.9 Å². The maximum Gasteiger partial charge on any atom is 0.252 e. The standard InChI is InChI=1S/C34H31BrFN5O4/c35-27-12-8-24(9-13-27)31-34(22-26-4-1-2-5-30(26)40-41-37,33(43)38-19-18-23-6-14-28(36)15-7-23)39-32(45-31)25-10-16-29(17-11-25)44-21-3-20-42/h1-2,4-17,31,42H,3,18-22H2,(H,38,43)/t31-,34-/m1/s1. The van der Waals surface area contributed by atoms with Crippen molar-refractivity contribution in [2.75, 3.05) is 19.8 Å². The molecule has 0 unspecified atom stereocenters. The van der Waals surface area contributed by atoms with Gasteiger partial charge in [-0.05, 0) is 77.2 Å². The van der Waals surface area contributed by atoms with E-state index in [9.17, 15) is 14.7 Å². The highest BCUT2D eigenvalue weighted by molar-refractivity contribution is 9.10. The number of hydrogen-bond acceptors (Lipinski definition) is 6. The van der Waals surface area contributed by atoms with Crippen molar-refractivity contribution in [3.63, 3.8) is 0 Å². The Morgan fingerprint density at radius 3 is 2.51 bits per heavy atom. The smallest absolute Gasteiger partial charge is 0.252 e. The highest BCUT2D eigenvalue weighted by Gasteiger charge is 2.53. The van der Waals surface area contributed by atoms with Crippen molar-refractivity contribution in [1.82, 2.24) is 5.32 Å². The number of rotatable bonds is 13. The monoisotopic (exact) mass is 671 g/mol. The predicted molar refractivity (Wildman–Crippen MR) is 173 cm³/mol. The summed E-state index contributed by atoms with van der Waals surface area (Å²) < 4.78 is 26.5. The molecule has 45 heavy (non-hydrogen) atoms. The second-order valence-corrected chi connectivity index (χ2v) is 11.4. The Morgan fingerprint density at radius 1 is 1.07 bits per heavy atom. The Kier molecular flexibility index (Phi) is 10.5. The SMILES string of the molecule is [N-]=[N+]=Nc1ccccc1C[C@@]1(C(=O)NCCc2ccc(F)cc2)N=C(c2ccc(OCCCO)cc2)O[C@@H]1c1ccc(Br)cc1. The molecule has 4 aromatic rings. The molecule has 11 heteroatoms. The summed E-state index contributed by atoms with van der Waals surface area (Å²) in [6, 6.07) is 27.9. The van der Waals surface area contributed by atoms with Crippen LogP contribution in [0.1, 0.15) is 34.8 Å². The first-order valence-electron chi connectivity index (χ1n) is 14.4. The van der Waals surface area contributed by atoms with E-state index in [-0.39, 0.29) is 37.2 Å². The molecule has 0 fully saturated rings. The van der Waals surface area contributed by atoms with Gasteiger partial charge in [0.2, 0.25) is 5.90 Å². The summed E-state index contributed by atoms with van der Waals surface area (Å²) in [7, 11) is 0. The first kappa shape index (κ1) is 31.7. The fraction of sp³-hybridized carbons (Fsp3) is 0.235. The van der Waals surface area contributed by atoms with E-state index in [0.717, 1.165) is 15.6 Å². The molecule has 0 radical (unpaired) electrons. The summed E-state index contributed by atoms with van der Waals surface area (Å²) in [5.41, 5.74) is 11.0. The fourth-order valence-corrected chi connectivity index (χ4v) is 5.41. The zero-order valence-corrected chi connectivity index (χ0v) is 25.9. The Labute approximate surface area is 268 Å². The Balaban J connectivity index is 1.55. The molecule has 0 spiro atoms. The summed E-state index contributed by atoms with van der Waals surface area (Å²) in [5.74, 6) is 0.211. The maximum atomic E-state index is 14.4. The lowest BCUT2D eigenvalue weighted by Crippen LogP contribution is -2.50. The number of aliphatic hydroxyl groups excluding tert-OH is 1. The van der Waals surface area contributed by atoms with E-state index in [1.807, 2.05) is 48.5 Å². The zero-order chi connectivity index (χ0) is 31.6. The van der Waals surface area contributed by atoms with Crippen LogP contribution in [-0.4, -0.2) is 42.2 Å². The van der Waals surface area contributed by atoms with Gasteiger partial charge in [-0.25, -0.2) is 9.38 Å². The zero-order valence-electron chi connectivity index (χ0n) is 24.3. The number of nitrogens with one attached hydrogen (secondary N) is 1. The number of benzene rings is 4. The summed E-state index contributed by atoms with van der Waals surface area (Å²) in [5, 5.41) is 16.0. The molecule has 2 atom stereocenters. The number of nitrogens with zero attached hydrogens (tertiary/aromatic N) is 4. The van der Waals surface area contributed by atoms with Gasteiger partial charge in [0.05, 0.1) is 6.61 Å². The number of aliphatic imine (C=N–C) groups is 1. The van der Waals surface area contributed by atoms with Gasteiger partial charge in [-0.15, -0.1) is 0 Å². The molecule has 0 aliphatic carbocycles. The van der Waals surface area contributed by atoms with Crippen molar-refractivity contribution in [2.24, 2.45) is 10.1 Å². The molecule has 1 heterocycles. The molecule has 9 nitrogen and oxygen atoms in total. The normalized spacial score (nSPS) is 17.1. The largest absolute Gasteiger partial charge is 0.494 e. The van der Waals surface area contributed by atoms with Crippen molar-refractivity contribution in [2.45, 2.75) is 30.9 Å². The van der Waals surface area contributed by atoms with Gasteiger partial charge in [0, 0.05) is 46.6 Å². The summed E-state index contributed by atoms with van der Waals surface area (Å²) in [6.07, 6.45) is 0.251. The second-order valence-electron chi connectivity index (χ2n) is 10.5. The van der Waals surface area contributed by atoms with Crippen molar-refractivity contribution < 1.29 is 23.8 Å². The number of carbonyl (C=O) groups is 1. The first-order chi connectivity index (χ1) is 21.9. The van der Waals surface area contributed by atoms with Gasteiger partial charge in [0.15, 0.2) is 11.6 Å². The average Bonchev–Trinajstić information content (AvgIpc) is 3.44. The molecule has 1 aliphatic rings. The van der Waals surface area contributed by atoms with Crippen LogP contribution in [0.2, 0.25) is 0 Å². The Morgan fingerprint density at radius 2 is 1.80 bits per heavy atom. The van der Waals surface area contributed by atoms with Crippen LogP contribution in [0.3, 0.4) is 0 Å². The van der Waals surface area contributed by atoms with E-state index in [1.165, 1.54) is 12.1 Å². The van der Waals surface area contributed by atoms with Crippen LogP contribution < -0.4 is 10.1 Å². The number of amides is 1. The highest BCUT2D eigenvalue weighted by Crippen LogP contribution is 2.44. The third kappa shape index (κ3) is 7.69. The maximum absolute atomic E-state index is 14.4. The molecule has 1 aliphatic heterocycles. The molecule has 4 aromatic carbocycles. The van der Waals surface area contributed by atoms with Gasteiger partial charge >= 0.3 is 0 Å². The molecular weight excluding hydrogens is 641 g/mol. The van der Waals surface area contributed by atoms with E-state index >= 15 is 0 Å². The molecule has 1 amide bonds. The number of halogens is 2. The van der Waals surface area contributed by atoms with E-state index in [1.54, 1.807) is 36.4 Å². The Hall–Kier alpha value is -4.70. The topological polar surface area (TPSA) is 129 Å². The minimum Gasteiger partial charge on any atom is -0.494 e. The van der Waals surface area contributed by atoms with Crippen LogP contribution in [-0.2, 0) is 22.4 Å². The highest BCUT2D eigenvalue weighted by atomic mass is 79.9. The molecule has 0 saturated heterocycles. The van der Waals surface area contributed by atoms with Gasteiger partial charge in [-0.1, -0.05) is 69.6 Å². The minimum atomic E-state index is -1.48. The molecule has 0 bridgehead atoms. The summed E-state index contributed by atoms with van der Waals surface area (Å²) in [4.78, 5) is 22.4. The van der Waals surface area contributed by atoms with Crippen LogP contribution in [0.5, 0.6) is 5.75 Å². The second kappa shape index (κ2) is 14.9. The number of carbonyl (C=O) groups excluding carboxylic acids is 1. The third-order valence-corrected chi connectivity index (χ3v) is 7.95. The van der Waals surface area contributed by atoms with E-state index in [0.29, 0.717) is 42.0 Å². The fourth-order valence-electron chi connectivity index (χ4n) is 5.14. The number of azide groups is 1. The summed E-state index contributed by atoms with van der Waals surface area (Å²) in [6.45, 7) is 0.698. The van der Waals surface area contributed by atoms with E-state index in [4.69, 9.17) is 19.6 Å². The molecule has 230 valence electrons. The minimum absolute atomic E-state index is 0.0387. The molecular formula is C34H31BrFN5O4. The number of aliphatic hydroxyl groups is 1. The van der Waals surface area contributed by atoms with Crippen LogP contribution in [0.4, 0.5) is 10.1 Å². The van der Waals surface area contributed by atoms with Crippen molar-refractivity contribution >= 4 is 33.4 Å². The number of hydrogen-bond donors (Lipinski definition) is 2. The van der Waals surface area contributed by atoms with Crippen molar-refractivity contribution in [3.05, 3.63) is 140 Å². The van der Waals surface area contributed by atoms with Crippen molar-refractivity contribution in [3.8, 4) is 5.75 Å². The molecule has 5 rings (SSSR count). The van der Waals surface area contributed by atoms with Crippen LogP contribution in [0, 0.1) is 5.82 Å². The average molecular weight is 673 g/mol. The van der Waals surface area contributed by atoms with Gasteiger partial charge in [0.1, 0.15) is 11.6 Å². The van der Waals surface area contributed by atoms with Crippen molar-refractivity contribution in [1.29, 1.82) is 0 Å². The van der Waals surface area contributed by atoms with Gasteiger partial charge in [0.25, 0.3) is 5.91 Å². The predicted octanol–water partition coefficient (Wildman–Crippen LogP) is 7.15. The van der Waals surface area contributed by atoms with Gasteiger partial charge in [-0.3, -0.25) is 4.79 Å². The lowest BCUT2D eigenvalue weighted by atomic mass is 9.81. The van der Waals surface area contributed by atoms with Gasteiger partial charge < -0.3 is 19.9 Å². The van der Waals surface area contributed by atoms with Gasteiger partial charge in [-0.2, -0.15) is 0 Å². The van der Waals surface area contributed by atoms with E-state index in [2.05, 4.69) is 31.3 Å². The summed E-state index contributed by atoms with van der Waals surface area (Å²) >= 11 is 3.49. The van der Waals surface area contributed by atoms with Crippen LogP contribution in [0.25, 0.3) is 10.4 Å². The lowest BCUT2D eigenvalue weighted by Gasteiger charge is -2.31. The molecule has 0 saturated carbocycles. The van der Waals surface area contributed by atoms with E-state index < -0.39 is 11.6 Å². The Bertz CT molecular complexity index is 1690. The third-order valence-electron chi connectivity index (χ3n) is 7.42. The number of ether oxygens (including phenoxy) is 2. The molecule has 0 aromatic heterocycles. The quantitative estimate of drug-likeness (QED) is 0.0677. The first-order valence-corrected chi connectivity index (χ1v) is 15.2. The molecule has 2 N–H and O–H groups in total. The lowest BCUT2D eigenvalue weighted by molar-refractivity contribution is -0.128.